The zero-order chi connectivity index (χ0) is 21.8. The van der Waals surface area contributed by atoms with Gasteiger partial charge in [0.15, 0.2) is 6.10 Å². The third-order valence-corrected chi connectivity index (χ3v) is 5.97. The van der Waals surface area contributed by atoms with Crippen LogP contribution in [-0.2, 0) is 17.9 Å². The first-order chi connectivity index (χ1) is 15.0. The molecule has 1 fully saturated rings. The highest BCUT2D eigenvalue weighted by Crippen LogP contribution is 2.32. The van der Waals surface area contributed by atoms with Crippen LogP contribution < -0.4 is 20.7 Å². The van der Waals surface area contributed by atoms with Gasteiger partial charge in [-0.1, -0.05) is 30.7 Å². The van der Waals surface area contributed by atoms with Gasteiger partial charge in [-0.05, 0) is 62.6 Å². The molecule has 7 nitrogen and oxygen atoms in total. The highest BCUT2D eigenvalue weighted by molar-refractivity contribution is 5.99. The molecular formula is C24H30N4O3. The lowest BCUT2D eigenvalue weighted by atomic mass is 10.0. The van der Waals surface area contributed by atoms with Crippen LogP contribution in [0.1, 0.15) is 44.2 Å². The number of urea groups is 1. The van der Waals surface area contributed by atoms with Gasteiger partial charge in [0.1, 0.15) is 5.75 Å². The largest absolute Gasteiger partial charge is 0.479 e. The van der Waals surface area contributed by atoms with E-state index in [1.165, 1.54) is 31.4 Å². The van der Waals surface area contributed by atoms with E-state index in [4.69, 9.17) is 4.74 Å². The van der Waals surface area contributed by atoms with E-state index >= 15 is 0 Å². The van der Waals surface area contributed by atoms with Crippen LogP contribution in [0.25, 0.3) is 0 Å². The number of fused-ring (bicyclic) bond motifs is 1. The molecule has 4 rings (SSSR count). The Morgan fingerprint density at radius 2 is 1.90 bits per heavy atom. The van der Waals surface area contributed by atoms with Crippen LogP contribution in [0.2, 0.25) is 0 Å². The molecule has 2 aromatic rings. The molecule has 2 atom stereocenters. The summed E-state index contributed by atoms with van der Waals surface area (Å²) in [6.07, 6.45) is 3.37. The first kappa shape index (κ1) is 21.2. The maximum absolute atomic E-state index is 12.3. The minimum absolute atomic E-state index is 0.202. The predicted molar refractivity (Wildman–Crippen MR) is 121 cm³/mol. The summed E-state index contributed by atoms with van der Waals surface area (Å²) >= 11 is 0. The Balaban J connectivity index is 1.27. The molecular weight excluding hydrogens is 392 g/mol. The van der Waals surface area contributed by atoms with Crippen LogP contribution in [0.3, 0.4) is 0 Å². The molecule has 0 aliphatic carbocycles. The summed E-state index contributed by atoms with van der Waals surface area (Å²) in [5, 5.41) is 8.45. The Hall–Kier alpha value is -3.06. The van der Waals surface area contributed by atoms with Crippen LogP contribution in [0, 0.1) is 0 Å². The smallest absolute Gasteiger partial charge is 0.319 e. The molecule has 0 aromatic heterocycles. The Morgan fingerprint density at radius 3 is 2.68 bits per heavy atom. The van der Waals surface area contributed by atoms with Crippen molar-refractivity contribution in [2.75, 3.05) is 17.2 Å². The summed E-state index contributed by atoms with van der Waals surface area (Å²) in [6, 6.07) is 13.9. The minimum Gasteiger partial charge on any atom is -0.479 e. The number of carbonyl (C=O) groups excluding carboxylic acids is 2. The number of ether oxygens (including phenoxy) is 1. The number of anilines is 2. The van der Waals surface area contributed by atoms with Gasteiger partial charge in [-0.2, -0.15) is 0 Å². The van der Waals surface area contributed by atoms with E-state index in [2.05, 4.69) is 52.0 Å². The second-order valence-corrected chi connectivity index (χ2v) is 8.40. The van der Waals surface area contributed by atoms with Crippen molar-refractivity contribution in [3.63, 3.8) is 0 Å². The van der Waals surface area contributed by atoms with E-state index in [1.54, 1.807) is 25.1 Å². The van der Waals surface area contributed by atoms with Crippen molar-refractivity contribution in [3.8, 4) is 5.75 Å². The number of rotatable bonds is 5. The lowest BCUT2D eigenvalue weighted by Crippen LogP contribution is -2.36. The fourth-order valence-electron chi connectivity index (χ4n) is 4.03. The average molecular weight is 423 g/mol. The second kappa shape index (κ2) is 9.39. The Bertz CT molecular complexity index is 944. The van der Waals surface area contributed by atoms with Gasteiger partial charge >= 0.3 is 6.03 Å². The molecule has 31 heavy (non-hydrogen) atoms. The zero-order valence-corrected chi connectivity index (χ0v) is 18.1. The molecule has 2 aliphatic heterocycles. The quantitative estimate of drug-likeness (QED) is 0.677. The van der Waals surface area contributed by atoms with E-state index in [0.29, 0.717) is 29.7 Å². The number of amides is 3. The number of nitrogens with zero attached hydrogens (tertiary/aromatic N) is 1. The third kappa shape index (κ3) is 5.35. The SMILES string of the molecule is CC1Oc2ccc(NC(=O)NCc3ccc(CN4CCCCC4C)cc3)cc2NC1=O. The van der Waals surface area contributed by atoms with Gasteiger partial charge in [-0.25, -0.2) is 4.79 Å². The maximum atomic E-state index is 12.3. The first-order valence-corrected chi connectivity index (χ1v) is 11.0. The van der Waals surface area contributed by atoms with Gasteiger partial charge in [0.25, 0.3) is 5.91 Å². The number of hydrogen-bond acceptors (Lipinski definition) is 4. The number of piperidine rings is 1. The number of hydrogen-bond donors (Lipinski definition) is 3. The van der Waals surface area contributed by atoms with E-state index in [-0.39, 0.29) is 11.9 Å². The summed E-state index contributed by atoms with van der Waals surface area (Å²) in [5.41, 5.74) is 3.49. The van der Waals surface area contributed by atoms with Crippen molar-refractivity contribution in [2.24, 2.45) is 0 Å². The van der Waals surface area contributed by atoms with Crippen molar-refractivity contribution < 1.29 is 14.3 Å². The standard InChI is InChI=1S/C24H30N4O3/c1-16-5-3-4-12-28(16)15-19-8-6-18(7-9-19)14-25-24(30)26-20-10-11-22-21(13-20)27-23(29)17(2)31-22/h6-11,13,16-17H,3-5,12,14-15H2,1-2H3,(H,27,29)(H2,25,26,30). The minimum atomic E-state index is -0.524. The number of carbonyl (C=O) groups is 2. The molecule has 2 aliphatic rings. The topological polar surface area (TPSA) is 82.7 Å². The van der Waals surface area contributed by atoms with Gasteiger partial charge < -0.3 is 20.7 Å². The van der Waals surface area contributed by atoms with Crippen LogP contribution >= 0.6 is 0 Å². The molecule has 7 heteroatoms. The van der Waals surface area contributed by atoms with Crippen LogP contribution in [-0.4, -0.2) is 35.5 Å². The second-order valence-electron chi connectivity index (χ2n) is 8.40. The maximum Gasteiger partial charge on any atom is 0.319 e. The van der Waals surface area contributed by atoms with E-state index < -0.39 is 6.10 Å². The van der Waals surface area contributed by atoms with Crippen LogP contribution in [0.4, 0.5) is 16.2 Å². The highest BCUT2D eigenvalue weighted by atomic mass is 16.5. The Labute approximate surface area is 183 Å². The summed E-state index contributed by atoms with van der Waals surface area (Å²) in [5.74, 6) is 0.393. The van der Waals surface area contributed by atoms with Crippen molar-refractivity contribution in [1.82, 2.24) is 10.2 Å². The molecule has 0 radical (unpaired) electrons. The monoisotopic (exact) mass is 422 g/mol. The molecule has 2 unspecified atom stereocenters. The van der Waals surface area contributed by atoms with Crippen molar-refractivity contribution in [1.29, 1.82) is 0 Å². The van der Waals surface area contributed by atoms with E-state index in [0.717, 1.165) is 12.1 Å². The fourth-order valence-corrected chi connectivity index (χ4v) is 4.03. The van der Waals surface area contributed by atoms with Crippen molar-refractivity contribution >= 4 is 23.3 Å². The average Bonchev–Trinajstić information content (AvgIpc) is 2.76. The lowest BCUT2D eigenvalue weighted by Gasteiger charge is -2.33. The van der Waals surface area contributed by atoms with E-state index in [9.17, 15) is 9.59 Å². The van der Waals surface area contributed by atoms with Gasteiger partial charge in [0.05, 0.1) is 5.69 Å². The van der Waals surface area contributed by atoms with Crippen molar-refractivity contribution in [2.45, 2.75) is 58.3 Å². The predicted octanol–water partition coefficient (Wildman–Crippen LogP) is 4.10. The van der Waals surface area contributed by atoms with Crippen LogP contribution in [0.15, 0.2) is 42.5 Å². The number of benzene rings is 2. The summed E-state index contributed by atoms with van der Waals surface area (Å²) in [6.45, 7) is 6.59. The van der Waals surface area contributed by atoms with Gasteiger partial charge in [0, 0.05) is 24.8 Å². The van der Waals surface area contributed by atoms with Crippen LogP contribution in [0.5, 0.6) is 5.75 Å². The molecule has 2 aromatic carbocycles. The zero-order valence-electron chi connectivity index (χ0n) is 18.1. The molecule has 3 N–H and O–H groups in total. The Morgan fingerprint density at radius 1 is 1.13 bits per heavy atom. The Kier molecular flexibility index (Phi) is 6.42. The molecule has 2 heterocycles. The molecule has 1 saturated heterocycles. The van der Waals surface area contributed by atoms with Gasteiger partial charge in [0.2, 0.25) is 0 Å². The summed E-state index contributed by atoms with van der Waals surface area (Å²) < 4.78 is 5.53. The third-order valence-electron chi connectivity index (χ3n) is 5.97. The van der Waals surface area contributed by atoms with E-state index in [1.807, 2.05) is 0 Å². The highest BCUT2D eigenvalue weighted by Gasteiger charge is 2.23. The molecule has 3 amide bonds. The molecule has 0 saturated carbocycles. The number of nitrogens with one attached hydrogen (secondary N) is 3. The summed E-state index contributed by atoms with van der Waals surface area (Å²) in [4.78, 5) is 26.6. The number of likely N-dealkylation sites (tertiary alicyclic amines) is 1. The molecule has 164 valence electrons. The van der Waals surface area contributed by atoms with Gasteiger partial charge in [-0.3, -0.25) is 9.69 Å². The first-order valence-electron chi connectivity index (χ1n) is 11.0. The normalized spacial score (nSPS) is 20.9. The fraction of sp³-hybridized carbons (Fsp3) is 0.417. The van der Waals surface area contributed by atoms with Crippen molar-refractivity contribution in [3.05, 3.63) is 53.6 Å². The molecule has 0 spiro atoms. The lowest BCUT2D eigenvalue weighted by molar-refractivity contribution is -0.122. The summed E-state index contributed by atoms with van der Waals surface area (Å²) in [7, 11) is 0. The van der Waals surface area contributed by atoms with Gasteiger partial charge in [-0.15, -0.1) is 0 Å². The molecule has 0 bridgehead atoms.